The van der Waals surface area contributed by atoms with E-state index in [2.05, 4.69) is 15.3 Å². The summed E-state index contributed by atoms with van der Waals surface area (Å²) < 4.78 is 44.6. The Bertz CT molecular complexity index is 772. The first-order chi connectivity index (χ1) is 12.7. The molecule has 9 heteroatoms. The van der Waals surface area contributed by atoms with Crippen LogP contribution in [-0.2, 0) is 15.7 Å². The second-order valence-corrected chi connectivity index (χ2v) is 7.22. The standard InChI is InChI=1S/C18H20F3N3O2S/c1-11(10-26-3)22-16(25)12(2)27-17-23-14(13-7-5-4-6-8-13)9-15(24-17)18(19,20)21/h4-9,11-12H,10H2,1-3H3,(H,22,25)/t11-,12+/m0/s1. The third-order valence-corrected chi connectivity index (χ3v) is 4.48. The number of hydrogen-bond acceptors (Lipinski definition) is 5. The number of nitrogens with one attached hydrogen (secondary N) is 1. The monoisotopic (exact) mass is 399 g/mol. The summed E-state index contributed by atoms with van der Waals surface area (Å²) in [6.07, 6.45) is -4.61. The van der Waals surface area contributed by atoms with Crippen LogP contribution >= 0.6 is 11.8 Å². The van der Waals surface area contributed by atoms with Gasteiger partial charge in [0.05, 0.1) is 17.6 Å². The Morgan fingerprint density at radius 2 is 1.89 bits per heavy atom. The first-order valence-electron chi connectivity index (χ1n) is 8.18. The van der Waals surface area contributed by atoms with Crippen LogP contribution < -0.4 is 5.32 Å². The van der Waals surface area contributed by atoms with Gasteiger partial charge in [0.25, 0.3) is 0 Å². The zero-order valence-corrected chi connectivity index (χ0v) is 15.9. The number of thioether (sulfide) groups is 1. The van der Waals surface area contributed by atoms with Crippen LogP contribution in [0.4, 0.5) is 13.2 Å². The van der Waals surface area contributed by atoms with E-state index in [9.17, 15) is 18.0 Å². The number of aromatic nitrogens is 2. The molecule has 0 unspecified atom stereocenters. The number of benzene rings is 1. The topological polar surface area (TPSA) is 64.1 Å². The van der Waals surface area contributed by atoms with Crippen molar-refractivity contribution >= 4 is 17.7 Å². The first kappa shape index (κ1) is 21.2. The Morgan fingerprint density at radius 3 is 2.48 bits per heavy atom. The van der Waals surface area contributed by atoms with E-state index in [1.54, 1.807) is 44.2 Å². The average molecular weight is 399 g/mol. The fraction of sp³-hybridized carbons (Fsp3) is 0.389. The van der Waals surface area contributed by atoms with E-state index in [-0.39, 0.29) is 22.8 Å². The van der Waals surface area contributed by atoms with Gasteiger partial charge in [0.2, 0.25) is 5.91 Å². The van der Waals surface area contributed by atoms with E-state index in [1.165, 1.54) is 7.11 Å². The highest BCUT2D eigenvalue weighted by molar-refractivity contribution is 8.00. The van der Waals surface area contributed by atoms with Crippen LogP contribution in [0, 0.1) is 0 Å². The highest BCUT2D eigenvalue weighted by Gasteiger charge is 2.34. The van der Waals surface area contributed by atoms with Crippen LogP contribution in [0.5, 0.6) is 0 Å². The van der Waals surface area contributed by atoms with Crippen molar-refractivity contribution in [1.29, 1.82) is 0 Å². The van der Waals surface area contributed by atoms with Crippen LogP contribution in [0.15, 0.2) is 41.6 Å². The van der Waals surface area contributed by atoms with Crippen LogP contribution in [0.3, 0.4) is 0 Å². The molecular formula is C18H20F3N3O2S. The maximum atomic E-state index is 13.2. The molecule has 1 aromatic heterocycles. The van der Waals surface area contributed by atoms with E-state index in [4.69, 9.17) is 4.74 Å². The number of amides is 1. The fourth-order valence-electron chi connectivity index (χ4n) is 2.24. The quantitative estimate of drug-likeness (QED) is 0.567. The molecule has 1 heterocycles. The van der Waals surface area contributed by atoms with Gasteiger partial charge in [0.15, 0.2) is 5.16 Å². The molecule has 0 bridgehead atoms. The summed E-state index contributed by atoms with van der Waals surface area (Å²) in [7, 11) is 1.52. The lowest BCUT2D eigenvalue weighted by atomic mass is 10.1. The lowest BCUT2D eigenvalue weighted by Crippen LogP contribution is -2.40. The molecule has 0 saturated carbocycles. The van der Waals surface area contributed by atoms with Crippen LogP contribution in [0.2, 0.25) is 0 Å². The van der Waals surface area contributed by atoms with Gasteiger partial charge in [0.1, 0.15) is 5.69 Å². The number of hydrogen-bond donors (Lipinski definition) is 1. The number of rotatable bonds is 7. The second-order valence-electron chi connectivity index (χ2n) is 5.91. The molecule has 5 nitrogen and oxygen atoms in total. The van der Waals surface area contributed by atoms with E-state index in [0.717, 1.165) is 17.8 Å². The highest BCUT2D eigenvalue weighted by Crippen LogP contribution is 2.32. The minimum Gasteiger partial charge on any atom is -0.383 e. The van der Waals surface area contributed by atoms with Gasteiger partial charge in [-0.3, -0.25) is 4.79 Å². The van der Waals surface area contributed by atoms with Crippen molar-refractivity contribution in [3.8, 4) is 11.3 Å². The first-order valence-corrected chi connectivity index (χ1v) is 9.06. The molecule has 0 fully saturated rings. The minimum atomic E-state index is -4.61. The third kappa shape index (κ3) is 6.21. The molecular weight excluding hydrogens is 379 g/mol. The molecule has 0 spiro atoms. The molecule has 146 valence electrons. The van der Waals surface area contributed by atoms with Crippen molar-refractivity contribution in [1.82, 2.24) is 15.3 Å². The molecule has 2 atom stereocenters. The summed E-state index contributed by atoms with van der Waals surface area (Å²) in [5.74, 6) is -0.327. The van der Waals surface area contributed by atoms with E-state index < -0.39 is 17.1 Å². The van der Waals surface area contributed by atoms with Gasteiger partial charge < -0.3 is 10.1 Å². The Balaban J connectivity index is 2.26. The van der Waals surface area contributed by atoms with Crippen molar-refractivity contribution in [3.05, 3.63) is 42.1 Å². The van der Waals surface area contributed by atoms with Crippen molar-refractivity contribution in [2.75, 3.05) is 13.7 Å². The number of ether oxygens (including phenoxy) is 1. The molecule has 2 aromatic rings. The number of alkyl halides is 3. The summed E-state index contributed by atoms with van der Waals surface area (Å²) in [4.78, 5) is 20.0. The van der Waals surface area contributed by atoms with Gasteiger partial charge in [-0.2, -0.15) is 13.2 Å². The Hall–Kier alpha value is -2.13. The third-order valence-electron chi connectivity index (χ3n) is 3.52. The zero-order chi connectivity index (χ0) is 20.0. The molecule has 1 amide bonds. The van der Waals surface area contributed by atoms with Gasteiger partial charge in [-0.25, -0.2) is 9.97 Å². The van der Waals surface area contributed by atoms with Crippen molar-refractivity contribution in [2.24, 2.45) is 0 Å². The summed E-state index contributed by atoms with van der Waals surface area (Å²) in [6, 6.07) is 9.21. The maximum Gasteiger partial charge on any atom is 0.433 e. The van der Waals surface area contributed by atoms with Crippen LogP contribution in [0.1, 0.15) is 19.5 Å². The van der Waals surface area contributed by atoms with Crippen molar-refractivity contribution in [2.45, 2.75) is 36.5 Å². The van der Waals surface area contributed by atoms with Crippen molar-refractivity contribution < 1.29 is 22.7 Å². The fourth-order valence-corrected chi connectivity index (χ4v) is 3.04. The number of nitrogens with zero attached hydrogens (tertiary/aromatic N) is 2. The number of methoxy groups -OCH3 is 1. The van der Waals surface area contributed by atoms with E-state index in [1.807, 2.05) is 0 Å². The van der Waals surface area contributed by atoms with Crippen molar-refractivity contribution in [3.63, 3.8) is 0 Å². The molecule has 0 radical (unpaired) electrons. The lowest BCUT2D eigenvalue weighted by Gasteiger charge is -2.17. The number of carbonyl (C=O) groups excluding carboxylic acids is 1. The average Bonchev–Trinajstić information content (AvgIpc) is 2.61. The van der Waals surface area contributed by atoms with Crippen LogP contribution in [0.25, 0.3) is 11.3 Å². The highest BCUT2D eigenvalue weighted by atomic mass is 32.2. The van der Waals surface area contributed by atoms with E-state index in [0.29, 0.717) is 12.2 Å². The second kappa shape index (κ2) is 9.18. The molecule has 0 aliphatic rings. The normalized spacial score (nSPS) is 13.9. The summed E-state index contributed by atoms with van der Waals surface area (Å²) in [5, 5.41) is 1.95. The SMILES string of the molecule is COC[C@H](C)NC(=O)[C@@H](C)Sc1nc(-c2ccccc2)cc(C(F)(F)F)n1. The lowest BCUT2D eigenvalue weighted by molar-refractivity contribution is -0.141. The Morgan fingerprint density at radius 1 is 1.22 bits per heavy atom. The van der Waals surface area contributed by atoms with Gasteiger partial charge in [-0.05, 0) is 19.9 Å². The molecule has 1 aromatic carbocycles. The zero-order valence-electron chi connectivity index (χ0n) is 15.1. The molecule has 0 aliphatic carbocycles. The Labute approximate surface area is 159 Å². The molecule has 0 aliphatic heterocycles. The van der Waals surface area contributed by atoms with Gasteiger partial charge in [-0.1, -0.05) is 42.1 Å². The smallest absolute Gasteiger partial charge is 0.383 e. The Kier molecular flexibility index (Phi) is 7.20. The molecule has 1 N–H and O–H groups in total. The molecule has 27 heavy (non-hydrogen) atoms. The van der Waals surface area contributed by atoms with Crippen LogP contribution in [-0.4, -0.2) is 40.9 Å². The number of halogens is 3. The largest absolute Gasteiger partial charge is 0.433 e. The van der Waals surface area contributed by atoms with Gasteiger partial charge in [-0.15, -0.1) is 0 Å². The predicted octanol–water partition coefficient (Wildman–Crippen LogP) is 3.79. The summed E-state index contributed by atoms with van der Waals surface area (Å²) in [6.45, 7) is 3.69. The van der Waals surface area contributed by atoms with Gasteiger partial charge >= 0.3 is 6.18 Å². The minimum absolute atomic E-state index is 0.106. The molecule has 2 rings (SSSR count). The van der Waals surface area contributed by atoms with E-state index >= 15 is 0 Å². The summed E-state index contributed by atoms with van der Waals surface area (Å²) in [5.41, 5.74) is -0.349. The predicted molar refractivity (Wildman–Crippen MR) is 97.3 cm³/mol. The molecule has 0 saturated heterocycles. The maximum absolute atomic E-state index is 13.2. The van der Waals surface area contributed by atoms with Gasteiger partial charge in [0, 0.05) is 18.7 Å². The number of carbonyl (C=O) groups is 1. The summed E-state index contributed by atoms with van der Waals surface area (Å²) >= 11 is 0.876.